The van der Waals surface area contributed by atoms with Gasteiger partial charge in [-0.2, -0.15) is 0 Å². The van der Waals surface area contributed by atoms with E-state index in [0.717, 1.165) is 38.4 Å². The third kappa shape index (κ3) is 5.21. The molecule has 0 aliphatic rings. The summed E-state index contributed by atoms with van der Waals surface area (Å²) in [5.41, 5.74) is 1.39. The summed E-state index contributed by atoms with van der Waals surface area (Å²) in [5.74, 6) is 1.05. The van der Waals surface area contributed by atoms with Gasteiger partial charge in [0.2, 0.25) is 0 Å². The minimum Gasteiger partial charge on any atom is -0.468 e. The van der Waals surface area contributed by atoms with Crippen LogP contribution >= 0.6 is 0 Å². The first-order valence-corrected chi connectivity index (χ1v) is 7.11. The normalized spacial score (nSPS) is 12.1. The Morgan fingerprint density at radius 1 is 1.42 bits per heavy atom. The maximum absolute atomic E-state index is 5.59. The number of nitrogens with zero attached hydrogens (tertiary/aromatic N) is 1. The van der Waals surface area contributed by atoms with E-state index in [0.29, 0.717) is 0 Å². The Bertz CT molecular complexity index is 376. The van der Waals surface area contributed by atoms with Crippen LogP contribution in [-0.2, 0) is 13.1 Å². The predicted molar refractivity (Wildman–Crippen MR) is 81.1 cm³/mol. The van der Waals surface area contributed by atoms with Crippen LogP contribution < -0.4 is 5.32 Å². The van der Waals surface area contributed by atoms with Gasteiger partial charge < -0.3 is 9.73 Å². The first-order valence-electron chi connectivity index (χ1n) is 7.11. The van der Waals surface area contributed by atoms with Gasteiger partial charge in [-0.05, 0) is 39.8 Å². The molecule has 0 unspecified atom stereocenters. The SMILES string of the molecule is C=CCN(Cc1ccoc1CNCCC)C(C)(C)C. The second-order valence-electron chi connectivity index (χ2n) is 5.89. The number of hydrogen-bond donors (Lipinski definition) is 1. The molecule has 1 aromatic rings. The van der Waals surface area contributed by atoms with Gasteiger partial charge in [-0.1, -0.05) is 13.0 Å². The summed E-state index contributed by atoms with van der Waals surface area (Å²) >= 11 is 0. The number of rotatable bonds is 8. The van der Waals surface area contributed by atoms with Gasteiger partial charge >= 0.3 is 0 Å². The maximum atomic E-state index is 5.59. The highest BCUT2D eigenvalue weighted by Gasteiger charge is 2.21. The molecule has 108 valence electrons. The van der Waals surface area contributed by atoms with Gasteiger partial charge in [-0.3, -0.25) is 4.90 Å². The van der Waals surface area contributed by atoms with Gasteiger partial charge in [0.1, 0.15) is 5.76 Å². The zero-order valence-corrected chi connectivity index (χ0v) is 12.8. The fraction of sp³-hybridized carbons (Fsp3) is 0.625. The smallest absolute Gasteiger partial charge is 0.122 e. The minimum absolute atomic E-state index is 0.125. The van der Waals surface area contributed by atoms with Crippen molar-refractivity contribution in [2.75, 3.05) is 13.1 Å². The zero-order chi connectivity index (χ0) is 14.3. The molecule has 0 spiro atoms. The van der Waals surface area contributed by atoms with Crippen LogP contribution in [0.15, 0.2) is 29.4 Å². The maximum Gasteiger partial charge on any atom is 0.122 e. The largest absolute Gasteiger partial charge is 0.468 e. The van der Waals surface area contributed by atoms with Gasteiger partial charge in [0.15, 0.2) is 0 Å². The van der Waals surface area contributed by atoms with E-state index >= 15 is 0 Å². The molecule has 0 saturated heterocycles. The van der Waals surface area contributed by atoms with Crippen molar-refractivity contribution in [1.29, 1.82) is 0 Å². The predicted octanol–water partition coefficient (Wildman–Crippen LogP) is 3.57. The first kappa shape index (κ1) is 16.0. The van der Waals surface area contributed by atoms with E-state index in [-0.39, 0.29) is 5.54 Å². The van der Waals surface area contributed by atoms with Crippen LogP contribution in [0.5, 0.6) is 0 Å². The van der Waals surface area contributed by atoms with Crippen molar-refractivity contribution >= 4 is 0 Å². The lowest BCUT2D eigenvalue weighted by Gasteiger charge is -2.34. The van der Waals surface area contributed by atoms with E-state index in [1.165, 1.54) is 5.56 Å². The van der Waals surface area contributed by atoms with Crippen molar-refractivity contribution in [3.8, 4) is 0 Å². The van der Waals surface area contributed by atoms with Crippen LogP contribution in [0.25, 0.3) is 0 Å². The van der Waals surface area contributed by atoms with E-state index in [1.54, 1.807) is 6.26 Å². The van der Waals surface area contributed by atoms with Crippen molar-refractivity contribution in [2.24, 2.45) is 0 Å². The monoisotopic (exact) mass is 264 g/mol. The standard InChI is InChI=1S/C16H28N2O/c1-6-9-17-12-15-14(8-11-19-15)13-18(10-7-2)16(3,4)5/h7-8,11,17H,2,6,9-10,12-13H2,1,3-5H3. The number of furan rings is 1. The fourth-order valence-corrected chi connectivity index (χ4v) is 1.98. The molecule has 1 N–H and O–H groups in total. The molecule has 1 heterocycles. The van der Waals surface area contributed by atoms with Gasteiger partial charge in [0.05, 0.1) is 12.8 Å². The third-order valence-corrected chi connectivity index (χ3v) is 3.21. The molecule has 0 radical (unpaired) electrons. The molecule has 0 aliphatic heterocycles. The molecule has 3 nitrogen and oxygen atoms in total. The summed E-state index contributed by atoms with van der Waals surface area (Å²) in [6.45, 7) is 16.3. The first-order chi connectivity index (χ1) is 8.99. The van der Waals surface area contributed by atoms with Crippen molar-refractivity contribution in [1.82, 2.24) is 10.2 Å². The van der Waals surface area contributed by atoms with Crippen molar-refractivity contribution in [3.63, 3.8) is 0 Å². The average molecular weight is 264 g/mol. The van der Waals surface area contributed by atoms with Gasteiger partial charge in [-0.25, -0.2) is 0 Å². The average Bonchev–Trinajstić information content (AvgIpc) is 2.75. The Labute approximate surface area is 117 Å². The van der Waals surface area contributed by atoms with E-state index in [4.69, 9.17) is 4.42 Å². The lowest BCUT2D eigenvalue weighted by molar-refractivity contribution is 0.144. The second-order valence-corrected chi connectivity index (χ2v) is 5.89. The molecule has 0 bridgehead atoms. The van der Waals surface area contributed by atoms with Crippen LogP contribution in [0.2, 0.25) is 0 Å². The van der Waals surface area contributed by atoms with Crippen LogP contribution in [-0.4, -0.2) is 23.5 Å². The molecule has 0 aromatic carbocycles. The quantitative estimate of drug-likeness (QED) is 0.575. The van der Waals surface area contributed by atoms with E-state index in [1.807, 2.05) is 6.08 Å². The Balaban J connectivity index is 2.68. The second kappa shape index (κ2) is 7.51. The molecule has 0 fully saturated rings. The Morgan fingerprint density at radius 3 is 2.74 bits per heavy atom. The summed E-state index contributed by atoms with van der Waals surface area (Å²) in [6.07, 6.45) is 4.88. The molecule has 0 saturated carbocycles. The highest BCUT2D eigenvalue weighted by Crippen LogP contribution is 2.20. The van der Waals surface area contributed by atoms with E-state index in [9.17, 15) is 0 Å². The van der Waals surface area contributed by atoms with Crippen molar-refractivity contribution in [3.05, 3.63) is 36.3 Å². The molecule has 1 aromatic heterocycles. The molecular formula is C16H28N2O. The molecule has 3 heteroatoms. The number of nitrogens with one attached hydrogen (secondary N) is 1. The minimum atomic E-state index is 0.125. The van der Waals surface area contributed by atoms with Gasteiger partial charge in [-0.15, -0.1) is 6.58 Å². The van der Waals surface area contributed by atoms with Crippen LogP contribution in [0.3, 0.4) is 0 Å². The highest BCUT2D eigenvalue weighted by atomic mass is 16.3. The summed E-state index contributed by atoms with van der Waals surface area (Å²) in [6, 6.07) is 2.07. The topological polar surface area (TPSA) is 28.4 Å². The van der Waals surface area contributed by atoms with Crippen LogP contribution in [0, 0.1) is 0 Å². The molecule has 0 aliphatic carbocycles. The third-order valence-electron chi connectivity index (χ3n) is 3.21. The Hall–Kier alpha value is -1.06. The molecule has 19 heavy (non-hydrogen) atoms. The summed E-state index contributed by atoms with van der Waals surface area (Å²) < 4.78 is 5.59. The lowest BCUT2D eigenvalue weighted by Crippen LogP contribution is -2.41. The van der Waals surface area contributed by atoms with E-state index in [2.05, 4.69) is 50.6 Å². The lowest BCUT2D eigenvalue weighted by atomic mass is 10.0. The van der Waals surface area contributed by atoms with Crippen LogP contribution in [0.4, 0.5) is 0 Å². The van der Waals surface area contributed by atoms with Crippen molar-refractivity contribution < 1.29 is 4.42 Å². The summed E-state index contributed by atoms with van der Waals surface area (Å²) in [7, 11) is 0. The highest BCUT2D eigenvalue weighted by molar-refractivity contribution is 5.17. The molecule has 0 amide bonds. The van der Waals surface area contributed by atoms with Crippen LogP contribution in [0.1, 0.15) is 45.4 Å². The fourth-order valence-electron chi connectivity index (χ4n) is 1.98. The van der Waals surface area contributed by atoms with Gasteiger partial charge in [0, 0.05) is 24.2 Å². The summed E-state index contributed by atoms with van der Waals surface area (Å²) in [5, 5.41) is 3.39. The molecule has 0 atom stereocenters. The van der Waals surface area contributed by atoms with Gasteiger partial charge in [0.25, 0.3) is 0 Å². The van der Waals surface area contributed by atoms with Crippen molar-refractivity contribution in [2.45, 2.75) is 52.7 Å². The summed E-state index contributed by atoms with van der Waals surface area (Å²) in [4.78, 5) is 2.40. The molecular weight excluding hydrogens is 236 g/mol. The van der Waals surface area contributed by atoms with E-state index < -0.39 is 0 Å². The zero-order valence-electron chi connectivity index (χ0n) is 12.8. The molecule has 1 rings (SSSR count). The Morgan fingerprint density at radius 2 is 2.16 bits per heavy atom. The number of hydrogen-bond acceptors (Lipinski definition) is 3. The Kier molecular flexibility index (Phi) is 6.32.